The van der Waals surface area contributed by atoms with E-state index in [1.165, 1.54) is 12.4 Å². The molecule has 79 heavy (non-hydrogen) atoms. The third-order valence-corrected chi connectivity index (χ3v) is 16.0. The number of piperidine rings is 2. The second-order valence-corrected chi connectivity index (χ2v) is 22.9. The number of nitrogens with zero attached hydrogens (tertiary/aromatic N) is 8. The summed E-state index contributed by atoms with van der Waals surface area (Å²) in [7, 11) is 0. The van der Waals surface area contributed by atoms with Crippen LogP contribution in [0.5, 0.6) is 5.75 Å². The van der Waals surface area contributed by atoms with Gasteiger partial charge in [0.15, 0.2) is 0 Å². The average molecular weight is 1120 g/mol. The molecule has 4 aliphatic rings. The van der Waals surface area contributed by atoms with Crippen molar-refractivity contribution >= 4 is 52.0 Å². The highest BCUT2D eigenvalue weighted by Crippen LogP contribution is 2.34. The number of hydrogen-bond acceptors (Lipinski definition) is 13. The van der Waals surface area contributed by atoms with Crippen LogP contribution >= 0.6 is 11.6 Å². The summed E-state index contributed by atoms with van der Waals surface area (Å²) in [6.07, 6.45) is 1.15. The summed E-state index contributed by atoms with van der Waals surface area (Å²) in [6.45, 7) is 16.6. The molecule has 2 aromatic heterocycles. The fourth-order valence-corrected chi connectivity index (χ4v) is 11.3. The van der Waals surface area contributed by atoms with Crippen molar-refractivity contribution < 1.29 is 41.4 Å². The molecule has 1 atom stereocenters. The van der Waals surface area contributed by atoms with Crippen LogP contribution in [0.1, 0.15) is 81.2 Å². The number of amides is 3. The second-order valence-electron chi connectivity index (χ2n) is 22.5. The summed E-state index contributed by atoms with van der Waals surface area (Å²) in [6, 6.07) is 17.2. The number of carbonyl (C=O) groups excluding carboxylic acids is 3. The number of alkyl carbamates (subject to hydrolysis) is 1. The first-order chi connectivity index (χ1) is 37.8. The Morgan fingerprint density at radius 1 is 0.835 bits per heavy atom. The lowest BCUT2D eigenvalue weighted by Crippen LogP contribution is -2.64. The number of nitrogens with two attached hydrogens (primary N) is 1. The molecule has 426 valence electrons. The predicted octanol–water partition coefficient (Wildman–Crippen LogP) is 7.72. The van der Waals surface area contributed by atoms with Gasteiger partial charge in [0.1, 0.15) is 47.1 Å². The average Bonchev–Trinajstić information content (AvgIpc) is 3.99. The number of nitrogen functional groups attached to an aromatic ring is 1. The van der Waals surface area contributed by atoms with Gasteiger partial charge in [-0.1, -0.05) is 29.8 Å². The zero-order valence-electron chi connectivity index (χ0n) is 45.3. The fraction of sp³-hybridized carbons (Fsp3) is 0.526. The number of alkyl halides is 3. The molecular weight excluding hydrogens is 1040 g/mol. The maximum atomic E-state index is 14.7. The molecule has 22 heteroatoms. The standard InChI is InChI=1S/C57H73ClF4N12O5/c1-55(2,3)79-54(77)68-56(16-22-74(23-17-56)52-45-12-18-64-51(45)65-38-66-52)53(76)67-48(41-5-7-43(58)8-6-41)15-21-69-28-30-73(31-29-69)50(75)36-70-19-13-39(14-20-70)34-71-24-26-72(27-25-71)35-42-33-44(63)9-11-49(42)78-37-40-4-10-47(59)46(32-40)57(60,61)62/h4-12,18,32-33,38-39,48H,13-17,19-31,34-37,63H2,1-3H3,(H,67,76)(H,68,77)(H,64,65,66)/t48-/m0/s1. The summed E-state index contributed by atoms with van der Waals surface area (Å²) in [4.78, 5) is 67.4. The van der Waals surface area contributed by atoms with Crippen molar-refractivity contribution in [3.8, 4) is 5.75 Å². The van der Waals surface area contributed by atoms with E-state index in [0.29, 0.717) is 101 Å². The number of rotatable bonds is 17. The first-order valence-electron chi connectivity index (χ1n) is 27.4. The molecule has 0 aliphatic carbocycles. The Labute approximate surface area is 464 Å². The maximum Gasteiger partial charge on any atom is 0.419 e. The van der Waals surface area contributed by atoms with Crippen molar-refractivity contribution in [3.63, 3.8) is 0 Å². The van der Waals surface area contributed by atoms with Gasteiger partial charge in [-0.25, -0.2) is 19.2 Å². The van der Waals surface area contributed by atoms with Crippen molar-refractivity contribution in [1.29, 1.82) is 0 Å². The van der Waals surface area contributed by atoms with Crippen molar-refractivity contribution in [2.24, 2.45) is 5.92 Å². The number of carbonyl (C=O) groups is 3. The van der Waals surface area contributed by atoms with Crippen LogP contribution in [0.3, 0.4) is 0 Å². The van der Waals surface area contributed by atoms with Crippen LogP contribution in [0.4, 0.5) is 33.9 Å². The van der Waals surface area contributed by atoms with Gasteiger partial charge in [-0.3, -0.25) is 24.3 Å². The number of H-pyrrole nitrogens is 1. The van der Waals surface area contributed by atoms with Crippen LogP contribution in [-0.4, -0.2) is 167 Å². The number of aromatic nitrogens is 3. The molecule has 0 unspecified atom stereocenters. The molecule has 5 N–H and O–H groups in total. The number of hydrogen-bond donors (Lipinski definition) is 4. The zero-order valence-corrected chi connectivity index (χ0v) is 46.1. The van der Waals surface area contributed by atoms with Crippen LogP contribution < -0.4 is 26.0 Å². The third kappa shape index (κ3) is 15.2. The molecule has 17 nitrogen and oxygen atoms in total. The van der Waals surface area contributed by atoms with Gasteiger partial charge in [-0.05, 0) is 132 Å². The van der Waals surface area contributed by atoms with Gasteiger partial charge in [-0.15, -0.1) is 0 Å². The fourth-order valence-electron chi connectivity index (χ4n) is 11.2. The molecule has 3 aromatic carbocycles. The van der Waals surface area contributed by atoms with E-state index in [0.717, 1.165) is 98.8 Å². The lowest BCUT2D eigenvalue weighted by atomic mass is 9.85. The Hall–Kier alpha value is -6.26. The van der Waals surface area contributed by atoms with Gasteiger partial charge in [0.25, 0.3) is 0 Å². The molecule has 0 radical (unpaired) electrons. The highest BCUT2D eigenvalue weighted by molar-refractivity contribution is 6.30. The lowest BCUT2D eigenvalue weighted by Gasteiger charge is -2.42. The van der Waals surface area contributed by atoms with Gasteiger partial charge >= 0.3 is 12.3 Å². The monoisotopic (exact) mass is 1120 g/mol. The topological polar surface area (TPSA) is 181 Å². The number of benzene rings is 3. The van der Waals surface area contributed by atoms with Crippen LogP contribution in [0.2, 0.25) is 5.02 Å². The van der Waals surface area contributed by atoms with Crippen molar-refractivity contribution in [1.82, 2.24) is 50.1 Å². The number of ether oxygens (including phenoxy) is 2. The van der Waals surface area contributed by atoms with E-state index >= 15 is 0 Å². The van der Waals surface area contributed by atoms with Gasteiger partial charge in [0.2, 0.25) is 11.8 Å². The lowest BCUT2D eigenvalue weighted by molar-refractivity contribution is -0.140. The van der Waals surface area contributed by atoms with Gasteiger partial charge < -0.3 is 45.5 Å². The number of aromatic amines is 1. The molecule has 0 spiro atoms. The van der Waals surface area contributed by atoms with Gasteiger partial charge in [0, 0.05) is 108 Å². The molecule has 5 aromatic rings. The summed E-state index contributed by atoms with van der Waals surface area (Å²) < 4.78 is 65.5. The summed E-state index contributed by atoms with van der Waals surface area (Å²) in [5.74, 6) is 0.360. The molecule has 9 rings (SSSR count). The minimum atomic E-state index is -4.80. The second kappa shape index (κ2) is 25.0. The molecule has 6 heterocycles. The summed E-state index contributed by atoms with van der Waals surface area (Å²) >= 11 is 6.33. The normalized spacial score (nSPS) is 18.8. The number of anilines is 2. The van der Waals surface area contributed by atoms with Crippen LogP contribution in [0.15, 0.2) is 79.3 Å². The van der Waals surface area contributed by atoms with E-state index < -0.39 is 40.8 Å². The van der Waals surface area contributed by atoms with E-state index in [1.807, 2.05) is 47.5 Å². The number of likely N-dealkylation sites (tertiary alicyclic amines) is 1. The molecule has 3 amide bonds. The van der Waals surface area contributed by atoms with Crippen molar-refractivity contribution in [3.05, 3.63) is 112 Å². The Bertz CT molecular complexity index is 2870. The number of piperazine rings is 2. The smallest absolute Gasteiger partial charge is 0.419 e. The van der Waals surface area contributed by atoms with Crippen LogP contribution in [-0.2, 0) is 33.7 Å². The zero-order chi connectivity index (χ0) is 55.9. The number of nitrogens with one attached hydrogen (secondary N) is 3. The Morgan fingerprint density at radius 2 is 1.53 bits per heavy atom. The van der Waals surface area contributed by atoms with Crippen LogP contribution in [0.25, 0.3) is 11.0 Å². The van der Waals surface area contributed by atoms with E-state index in [1.54, 1.807) is 32.9 Å². The van der Waals surface area contributed by atoms with Crippen molar-refractivity contribution in [2.45, 2.75) is 89.4 Å². The number of halogens is 5. The summed E-state index contributed by atoms with van der Waals surface area (Å²) in [5.41, 5.74) is 6.03. The van der Waals surface area contributed by atoms with E-state index in [-0.39, 0.29) is 24.0 Å². The molecule has 0 bridgehead atoms. The molecule has 4 aliphatic heterocycles. The van der Waals surface area contributed by atoms with Crippen LogP contribution in [0, 0.1) is 11.7 Å². The maximum absolute atomic E-state index is 14.7. The highest BCUT2D eigenvalue weighted by atomic mass is 35.5. The molecule has 4 saturated heterocycles. The minimum absolute atomic E-state index is 0.145. The summed E-state index contributed by atoms with van der Waals surface area (Å²) in [5, 5.41) is 7.81. The Balaban J connectivity index is 0.711. The quantitative estimate of drug-likeness (QED) is 0.0526. The predicted molar refractivity (Wildman–Crippen MR) is 295 cm³/mol. The third-order valence-electron chi connectivity index (χ3n) is 15.7. The van der Waals surface area contributed by atoms with E-state index in [4.69, 9.17) is 26.8 Å². The largest absolute Gasteiger partial charge is 0.489 e. The minimum Gasteiger partial charge on any atom is -0.489 e. The molecule has 4 fully saturated rings. The first-order valence-corrected chi connectivity index (χ1v) is 27.8. The SMILES string of the molecule is CC(C)(C)OC(=O)NC1(C(=O)N[C@@H](CCN2CCN(C(=O)CN3CCC(CN4CCN(Cc5cc(N)ccc5OCc5ccc(F)c(C(F)(F)F)c5)CC4)CC3)CC2)c2ccc(Cl)cc2)CCN(c2ncnc3[nH]ccc23)CC1. The van der Waals surface area contributed by atoms with E-state index in [2.05, 4.69) is 50.1 Å². The van der Waals surface area contributed by atoms with Gasteiger partial charge in [-0.2, -0.15) is 13.2 Å². The van der Waals surface area contributed by atoms with E-state index in [9.17, 15) is 31.9 Å². The first kappa shape index (κ1) is 57.4. The highest BCUT2D eigenvalue weighted by Gasteiger charge is 2.45. The van der Waals surface area contributed by atoms with Gasteiger partial charge in [0.05, 0.1) is 23.5 Å². The molecule has 0 saturated carbocycles. The number of fused-ring (bicyclic) bond motifs is 1. The Kier molecular flexibility index (Phi) is 18.2. The molecular formula is C57H73ClF4N12O5. The van der Waals surface area contributed by atoms with Crippen molar-refractivity contribution in [2.75, 3.05) is 109 Å². The Morgan fingerprint density at radius 3 is 2.23 bits per heavy atom.